The molecule has 0 aliphatic rings. The molecule has 22 heavy (non-hydrogen) atoms. The number of carboxylic acids is 1. The van der Waals surface area contributed by atoms with Gasteiger partial charge in [0.05, 0.1) is 0 Å². The van der Waals surface area contributed by atoms with Crippen LogP contribution in [0.2, 0.25) is 0 Å². The number of amides is 1. The Morgan fingerprint density at radius 2 is 2.05 bits per heavy atom. The summed E-state index contributed by atoms with van der Waals surface area (Å²) in [6, 6.07) is 6.25. The van der Waals surface area contributed by atoms with Crippen LogP contribution in [-0.2, 0) is 16.1 Å². The summed E-state index contributed by atoms with van der Waals surface area (Å²) in [6.07, 6.45) is 1.15. The Labute approximate surface area is 135 Å². The van der Waals surface area contributed by atoms with Gasteiger partial charge >= 0.3 is 12.1 Å². The number of hydrogen-bond donors (Lipinski definition) is 4. The highest BCUT2D eigenvalue weighted by atomic mass is 35.5. The molecule has 0 spiro atoms. The first-order chi connectivity index (χ1) is 9.99. The van der Waals surface area contributed by atoms with E-state index >= 15 is 0 Å². The van der Waals surface area contributed by atoms with Crippen molar-refractivity contribution in [1.82, 2.24) is 5.32 Å². The lowest BCUT2D eigenvalue weighted by Gasteiger charge is -2.08. The average Bonchev–Trinajstić information content (AvgIpc) is 2.44. The Balaban J connectivity index is 0.00000441. The van der Waals surface area contributed by atoms with E-state index in [1.165, 1.54) is 0 Å². The minimum Gasteiger partial charge on any atom is -0.480 e. The first-order valence-corrected chi connectivity index (χ1v) is 6.72. The van der Waals surface area contributed by atoms with E-state index in [0.717, 1.165) is 5.56 Å². The van der Waals surface area contributed by atoms with Gasteiger partial charge in [0.1, 0.15) is 12.6 Å². The molecule has 0 radical (unpaired) electrons. The lowest BCUT2D eigenvalue weighted by molar-refractivity contribution is -0.138. The van der Waals surface area contributed by atoms with E-state index in [-0.39, 0.29) is 19.0 Å². The predicted octanol–water partition coefficient (Wildman–Crippen LogP) is 1.50. The molecule has 0 unspecified atom stereocenters. The van der Waals surface area contributed by atoms with Gasteiger partial charge in [0, 0.05) is 12.2 Å². The number of halogens is 1. The van der Waals surface area contributed by atoms with Crippen molar-refractivity contribution in [3.63, 3.8) is 0 Å². The summed E-state index contributed by atoms with van der Waals surface area (Å²) in [7, 11) is 0. The number of rotatable bonds is 8. The number of aliphatic carboxylic acids is 1. The minimum absolute atomic E-state index is 0. The van der Waals surface area contributed by atoms with Gasteiger partial charge < -0.3 is 26.6 Å². The molecule has 0 heterocycles. The van der Waals surface area contributed by atoms with Crippen LogP contribution in [-0.4, -0.2) is 29.8 Å². The number of nitrogens with two attached hydrogens (primary N) is 2. The molecule has 7 nitrogen and oxygen atoms in total. The molecule has 1 rings (SSSR count). The molecular weight excluding hydrogens is 310 g/mol. The van der Waals surface area contributed by atoms with Crippen LogP contribution in [0.1, 0.15) is 24.8 Å². The van der Waals surface area contributed by atoms with Crippen molar-refractivity contribution >= 4 is 30.2 Å². The first-order valence-electron chi connectivity index (χ1n) is 6.72. The molecule has 124 valence electrons. The number of carbonyl (C=O) groups is 2. The summed E-state index contributed by atoms with van der Waals surface area (Å²) in [5.41, 5.74) is 12.4. The fourth-order valence-corrected chi connectivity index (χ4v) is 1.69. The molecular formula is C14H22ClN3O4. The molecule has 1 amide bonds. The Bertz CT molecular complexity index is 485. The smallest absolute Gasteiger partial charge is 0.407 e. The van der Waals surface area contributed by atoms with Crippen molar-refractivity contribution in [3.8, 4) is 0 Å². The average molecular weight is 332 g/mol. The topological polar surface area (TPSA) is 128 Å². The van der Waals surface area contributed by atoms with Crippen LogP contribution < -0.4 is 16.8 Å². The highest BCUT2D eigenvalue weighted by Crippen LogP contribution is 2.07. The van der Waals surface area contributed by atoms with Gasteiger partial charge in [0.25, 0.3) is 0 Å². The second kappa shape index (κ2) is 10.7. The molecule has 0 aliphatic heterocycles. The summed E-state index contributed by atoms with van der Waals surface area (Å²) in [6.45, 7) is 0.572. The highest BCUT2D eigenvalue weighted by Gasteiger charge is 2.10. The number of nitrogen functional groups attached to an aromatic ring is 1. The number of benzene rings is 1. The van der Waals surface area contributed by atoms with Crippen LogP contribution >= 0.6 is 12.4 Å². The SMILES string of the molecule is Cl.Nc1cccc(COC(=O)NCCCC[C@H](N)C(=O)O)c1. The summed E-state index contributed by atoms with van der Waals surface area (Å²) in [4.78, 5) is 21.9. The van der Waals surface area contributed by atoms with E-state index in [0.29, 0.717) is 31.5 Å². The zero-order valence-corrected chi connectivity index (χ0v) is 13.0. The van der Waals surface area contributed by atoms with Crippen LogP contribution in [0.5, 0.6) is 0 Å². The largest absolute Gasteiger partial charge is 0.480 e. The van der Waals surface area contributed by atoms with Crippen molar-refractivity contribution in [2.45, 2.75) is 31.9 Å². The molecule has 1 aromatic rings. The van der Waals surface area contributed by atoms with Gasteiger partial charge in [0.2, 0.25) is 0 Å². The normalized spacial score (nSPS) is 11.1. The van der Waals surface area contributed by atoms with E-state index in [9.17, 15) is 9.59 Å². The quantitative estimate of drug-likeness (QED) is 0.422. The summed E-state index contributed by atoms with van der Waals surface area (Å²) in [5, 5.41) is 11.2. The summed E-state index contributed by atoms with van der Waals surface area (Å²) in [5.74, 6) is -1.01. The van der Waals surface area contributed by atoms with Gasteiger partial charge in [-0.05, 0) is 37.0 Å². The van der Waals surface area contributed by atoms with Gasteiger partial charge in [-0.15, -0.1) is 12.4 Å². The number of carbonyl (C=O) groups excluding carboxylic acids is 1. The minimum atomic E-state index is -1.01. The van der Waals surface area contributed by atoms with Gasteiger partial charge in [-0.25, -0.2) is 4.79 Å². The fourth-order valence-electron chi connectivity index (χ4n) is 1.69. The number of carboxylic acid groups (broad SMARTS) is 1. The maximum absolute atomic E-state index is 11.4. The third kappa shape index (κ3) is 8.33. The standard InChI is InChI=1S/C14H21N3O4.ClH/c15-11-5-3-4-10(8-11)9-21-14(20)17-7-2-1-6-12(16)13(18)19;/h3-5,8,12H,1-2,6-7,9,15-16H2,(H,17,20)(H,18,19);1H/t12-;/m0./s1. The molecule has 0 saturated heterocycles. The zero-order valence-electron chi connectivity index (χ0n) is 12.2. The maximum atomic E-state index is 11.4. The van der Waals surface area contributed by atoms with E-state index < -0.39 is 18.1 Å². The number of unbranched alkanes of at least 4 members (excludes halogenated alkanes) is 1. The molecule has 1 atom stereocenters. The summed E-state index contributed by atoms with van der Waals surface area (Å²) < 4.78 is 5.02. The van der Waals surface area contributed by atoms with E-state index in [1.54, 1.807) is 18.2 Å². The van der Waals surface area contributed by atoms with Crippen LogP contribution in [0, 0.1) is 0 Å². The monoisotopic (exact) mass is 331 g/mol. The fraction of sp³-hybridized carbons (Fsp3) is 0.429. The van der Waals surface area contributed by atoms with Crippen molar-refractivity contribution in [2.24, 2.45) is 5.73 Å². The number of anilines is 1. The van der Waals surface area contributed by atoms with Crippen molar-refractivity contribution < 1.29 is 19.4 Å². The van der Waals surface area contributed by atoms with E-state index in [4.69, 9.17) is 21.3 Å². The van der Waals surface area contributed by atoms with Gasteiger partial charge in [0.15, 0.2) is 0 Å². The van der Waals surface area contributed by atoms with Crippen molar-refractivity contribution in [3.05, 3.63) is 29.8 Å². The molecule has 6 N–H and O–H groups in total. The van der Waals surface area contributed by atoms with Crippen molar-refractivity contribution in [2.75, 3.05) is 12.3 Å². The van der Waals surface area contributed by atoms with Crippen LogP contribution in [0.3, 0.4) is 0 Å². The Kier molecular flexibility index (Phi) is 9.73. The lowest BCUT2D eigenvalue weighted by Crippen LogP contribution is -2.30. The number of hydrogen-bond acceptors (Lipinski definition) is 5. The van der Waals surface area contributed by atoms with E-state index in [1.807, 2.05) is 6.07 Å². The van der Waals surface area contributed by atoms with Gasteiger partial charge in [-0.2, -0.15) is 0 Å². The van der Waals surface area contributed by atoms with Crippen LogP contribution in [0.4, 0.5) is 10.5 Å². The second-order valence-electron chi connectivity index (χ2n) is 4.69. The van der Waals surface area contributed by atoms with Crippen molar-refractivity contribution in [1.29, 1.82) is 0 Å². The number of nitrogens with one attached hydrogen (secondary N) is 1. The third-order valence-electron chi connectivity index (χ3n) is 2.85. The lowest BCUT2D eigenvalue weighted by atomic mass is 10.1. The predicted molar refractivity (Wildman–Crippen MR) is 85.8 cm³/mol. The molecule has 0 aliphatic carbocycles. The highest BCUT2D eigenvalue weighted by molar-refractivity contribution is 5.85. The Hall–Kier alpha value is -1.99. The molecule has 1 aromatic carbocycles. The third-order valence-corrected chi connectivity index (χ3v) is 2.85. The zero-order chi connectivity index (χ0) is 15.7. The number of ether oxygens (including phenoxy) is 1. The maximum Gasteiger partial charge on any atom is 0.407 e. The Morgan fingerprint density at radius 3 is 2.68 bits per heavy atom. The molecule has 0 aromatic heterocycles. The Morgan fingerprint density at radius 1 is 1.32 bits per heavy atom. The molecule has 0 fully saturated rings. The first kappa shape index (κ1) is 20.0. The molecule has 0 saturated carbocycles. The summed E-state index contributed by atoms with van der Waals surface area (Å²) >= 11 is 0. The molecule has 0 bridgehead atoms. The van der Waals surface area contributed by atoms with Crippen LogP contribution in [0.15, 0.2) is 24.3 Å². The van der Waals surface area contributed by atoms with Gasteiger partial charge in [-0.3, -0.25) is 4.79 Å². The van der Waals surface area contributed by atoms with Crippen LogP contribution in [0.25, 0.3) is 0 Å². The molecule has 8 heteroatoms. The van der Waals surface area contributed by atoms with Gasteiger partial charge in [-0.1, -0.05) is 12.1 Å². The second-order valence-corrected chi connectivity index (χ2v) is 4.69. The number of alkyl carbamates (subject to hydrolysis) is 1. The van der Waals surface area contributed by atoms with E-state index in [2.05, 4.69) is 5.32 Å².